The zero-order valence-electron chi connectivity index (χ0n) is 20.1. The number of fused-ring (bicyclic) bond motifs is 1. The first-order valence-corrected chi connectivity index (χ1v) is 11.3. The maximum absolute atomic E-state index is 12.0. The Labute approximate surface area is 203 Å². The first-order chi connectivity index (χ1) is 16.7. The molecule has 0 bridgehead atoms. The molecule has 0 saturated heterocycles. The minimum Gasteiger partial charge on any atom is -0.380 e. The van der Waals surface area contributed by atoms with Gasteiger partial charge in [0.05, 0.1) is 35.0 Å². The van der Waals surface area contributed by atoms with Crippen LogP contribution in [0.4, 0.5) is 5.69 Å². The second-order valence-corrected chi connectivity index (χ2v) is 9.60. The number of primary amides is 1. The molecule has 3 heterocycles. The number of aromatic nitrogens is 5. The fourth-order valence-electron chi connectivity index (χ4n) is 4.21. The Morgan fingerprint density at radius 3 is 2.57 bits per heavy atom. The molecule has 3 aromatic heterocycles. The highest BCUT2D eigenvalue weighted by atomic mass is 16.1. The van der Waals surface area contributed by atoms with E-state index in [9.17, 15) is 4.79 Å². The molecule has 0 aliphatic heterocycles. The molecular weight excluding hydrogens is 438 g/mol. The van der Waals surface area contributed by atoms with E-state index in [1.54, 1.807) is 29.5 Å². The van der Waals surface area contributed by atoms with Crippen LogP contribution in [0.2, 0.25) is 0 Å². The number of carbonyl (C=O) groups is 1. The molecule has 0 fully saturated rings. The summed E-state index contributed by atoms with van der Waals surface area (Å²) in [4.78, 5) is 21.3. The number of hydrogen-bond acceptors (Lipinski definition) is 5. The van der Waals surface area contributed by atoms with E-state index in [1.807, 2.05) is 75.1 Å². The molecule has 8 nitrogen and oxygen atoms in total. The summed E-state index contributed by atoms with van der Waals surface area (Å²) in [5.74, 6) is -0.463. The maximum atomic E-state index is 12.0. The summed E-state index contributed by atoms with van der Waals surface area (Å²) in [7, 11) is 1.88. The van der Waals surface area contributed by atoms with Gasteiger partial charge in [-0.25, -0.2) is 4.98 Å². The molecule has 0 saturated carbocycles. The molecule has 176 valence electrons. The molecule has 5 aromatic rings. The zero-order valence-corrected chi connectivity index (χ0v) is 20.1. The topological polar surface area (TPSA) is 104 Å². The van der Waals surface area contributed by atoms with Crippen LogP contribution in [0.25, 0.3) is 39.0 Å². The molecule has 0 radical (unpaired) electrons. The fourth-order valence-corrected chi connectivity index (χ4v) is 4.21. The normalized spacial score (nSPS) is 11.7. The number of rotatable bonds is 5. The third-order valence-electron chi connectivity index (χ3n) is 5.72. The Kier molecular flexibility index (Phi) is 5.36. The van der Waals surface area contributed by atoms with E-state index >= 15 is 0 Å². The Bertz CT molecular complexity index is 1560. The van der Waals surface area contributed by atoms with Crippen LogP contribution < -0.4 is 11.1 Å². The van der Waals surface area contributed by atoms with Crippen molar-refractivity contribution in [2.24, 2.45) is 12.8 Å². The number of imidazole rings is 1. The standard InChI is InChI=1S/C27H27N7O/c1-27(2,3)32-22-12-17(8-9-21(22)26(28)35)19-10-11-29-25-20(19)6-5-7-24(25)34-15-23(30-16-34)18-13-31-33(4)14-18/h5-16,32H,1-4H3,(H2,28,35). The average Bonchev–Trinajstić information content (AvgIpc) is 3.46. The van der Waals surface area contributed by atoms with Gasteiger partial charge in [-0.1, -0.05) is 18.2 Å². The zero-order chi connectivity index (χ0) is 24.7. The molecular formula is C27H27N7O. The SMILES string of the molecule is Cn1cc(-c2cn(-c3cccc4c(-c5ccc(C(N)=O)c(NC(C)(C)C)c5)ccnc34)cn2)cn1. The molecule has 0 atom stereocenters. The summed E-state index contributed by atoms with van der Waals surface area (Å²) in [6.45, 7) is 6.14. The molecule has 0 unspecified atom stereocenters. The molecule has 0 spiro atoms. The van der Waals surface area contributed by atoms with Gasteiger partial charge in [0.15, 0.2) is 0 Å². The number of anilines is 1. The predicted molar refractivity (Wildman–Crippen MR) is 138 cm³/mol. The molecule has 3 N–H and O–H groups in total. The number of hydrogen-bond donors (Lipinski definition) is 2. The molecule has 8 heteroatoms. The van der Waals surface area contributed by atoms with E-state index in [2.05, 4.69) is 21.5 Å². The van der Waals surface area contributed by atoms with Crippen molar-refractivity contribution in [3.8, 4) is 28.1 Å². The lowest BCUT2D eigenvalue weighted by atomic mass is 9.97. The van der Waals surface area contributed by atoms with E-state index in [4.69, 9.17) is 10.7 Å². The van der Waals surface area contributed by atoms with Crippen LogP contribution in [0.3, 0.4) is 0 Å². The van der Waals surface area contributed by atoms with Gasteiger partial charge < -0.3 is 15.6 Å². The Morgan fingerprint density at radius 2 is 1.86 bits per heavy atom. The molecule has 5 rings (SSSR count). The number of nitrogens with zero attached hydrogens (tertiary/aromatic N) is 5. The quantitative estimate of drug-likeness (QED) is 0.388. The van der Waals surface area contributed by atoms with Crippen molar-refractivity contribution in [1.29, 1.82) is 0 Å². The Balaban J connectivity index is 1.62. The second kappa shape index (κ2) is 8.39. The van der Waals surface area contributed by atoms with Gasteiger partial charge in [-0.05, 0) is 56.2 Å². The van der Waals surface area contributed by atoms with Crippen LogP contribution in [-0.4, -0.2) is 35.8 Å². The summed E-state index contributed by atoms with van der Waals surface area (Å²) >= 11 is 0. The number of pyridine rings is 1. The molecule has 35 heavy (non-hydrogen) atoms. The van der Waals surface area contributed by atoms with Gasteiger partial charge in [0.25, 0.3) is 5.91 Å². The minimum atomic E-state index is -0.463. The van der Waals surface area contributed by atoms with E-state index in [0.717, 1.165) is 39.0 Å². The monoisotopic (exact) mass is 465 g/mol. The van der Waals surface area contributed by atoms with Crippen LogP contribution in [0.15, 0.2) is 73.6 Å². The number of amides is 1. The third kappa shape index (κ3) is 4.38. The Hall–Kier alpha value is -4.46. The van der Waals surface area contributed by atoms with Gasteiger partial charge in [0.1, 0.15) is 0 Å². The van der Waals surface area contributed by atoms with Gasteiger partial charge in [-0.15, -0.1) is 0 Å². The predicted octanol–water partition coefficient (Wildman–Crippen LogP) is 4.80. The van der Waals surface area contributed by atoms with E-state index < -0.39 is 5.91 Å². The van der Waals surface area contributed by atoms with Gasteiger partial charge in [-0.2, -0.15) is 5.10 Å². The number of para-hydroxylation sites is 1. The summed E-state index contributed by atoms with van der Waals surface area (Å²) in [5, 5.41) is 8.64. The highest BCUT2D eigenvalue weighted by molar-refractivity contribution is 6.02. The van der Waals surface area contributed by atoms with Crippen molar-refractivity contribution in [2.45, 2.75) is 26.3 Å². The van der Waals surface area contributed by atoms with Crippen molar-refractivity contribution >= 4 is 22.5 Å². The van der Waals surface area contributed by atoms with Gasteiger partial charge in [0.2, 0.25) is 0 Å². The largest absolute Gasteiger partial charge is 0.380 e. The summed E-state index contributed by atoms with van der Waals surface area (Å²) < 4.78 is 3.73. The van der Waals surface area contributed by atoms with E-state index in [-0.39, 0.29) is 5.54 Å². The van der Waals surface area contributed by atoms with Crippen molar-refractivity contribution in [2.75, 3.05) is 5.32 Å². The summed E-state index contributed by atoms with van der Waals surface area (Å²) in [5.41, 5.74) is 12.1. The maximum Gasteiger partial charge on any atom is 0.250 e. The van der Waals surface area contributed by atoms with Crippen LogP contribution in [0.1, 0.15) is 31.1 Å². The average molecular weight is 466 g/mol. The number of nitrogens with two attached hydrogens (primary N) is 1. The van der Waals surface area contributed by atoms with Crippen LogP contribution in [0.5, 0.6) is 0 Å². The highest BCUT2D eigenvalue weighted by Crippen LogP contribution is 2.34. The number of carbonyl (C=O) groups excluding carboxylic acids is 1. The van der Waals surface area contributed by atoms with Gasteiger partial charge >= 0.3 is 0 Å². The van der Waals surface area contributed by atoms with Gasteiger partial charge in [-0.3, -0.25) is 14.5 Å². The lowest BCUT2D eigenvalue weighted by molar-refractivity contribution is 0.100. The Morgan fingerprint density at radius 1 is 1.03 bits per heavy atom. The second-order valence-electron chi connectivity index (χ2n) is 9.60. The van der Waals surface area contributed by atoms with Crippen LogP contribution >= 0.6 is 0 Å². The van der Waals surface area contributed by atoms with Crippen molar-refractivity contribution in [1.82, 2.24) is 24.3 Å². The number of aryl methyl sites for hydroxylation is 1. The number of benzene rings is 2. The lowest BCUT2D eigenvalue weighted by Gasteiger charge is -2.24. The van der Waals surface area contributed by atoms with Crippen LogP contribution in [-0.2, 0) is 7.05 Å². The first kappa shape index (κ1) is 22.3. The molecule has 0 aliphatic rings. The van der Waals surface area contributed by atoms with Crippen molar-refractivity contribution in [3.05, 3.63) is 79.1 Å². The molecule has 2 aromatic carbocycles. The van der Waals surface area contributed by atoms with Gasteiger partial charge in [0, 0.05) is 47.8 Å². The smallest absolute Gasteiger partial charge is 0.250 e. The summed E-state index contributed by atoms with van der Waals surface area (Å²) in [6.07, 6.45) is 9.31. The lowest BCUT2D eigenvalue weighted by Crippen LogP contribution is -2.28. The third-order valence-corrected chi connectivity index (χ3v) is 5.72. The van der Waals surface area contributed by atoms with E-state index in [1.165, 1.54) is 0 Å². The van der Waals surface area contributed by atoms with Crippen LogP contribution in [0, 0.1) is 0 Å². The highest BCUT2D eigenvalue weighted by Gasteiger charge is 2.17. The van der Waals surface area contributed by atoms with E-state index in [0.29, 0.717) is 11.3 Å². The van der Waals surface area contributed by atoms with Crippen molar-refractivity contribution < 1.29 is 4.79 Å². The van der Waals surface area contributed by atoms with Crippen molar-refractivity contribution in [3.63, 3.8) is 0 Å². The minimum absolute atomic E-state index is 0.232. The summed E-state index contributed by atoms with van der Waals surface area (Å²) in [6, 6.07) is 13.8. The first-order valence-electron chi connectivity index (χ1n) is 11.3. The molecule has 1 amide bonds. The fraction of sp³-hybridized carbons (Fsp3) is 0.185. The molecule has 0 aliphatic carbocycles. The number of nitrogens with one attached hydrogen (secondary N) is 1.